The van der Waals surface area contributed by atoms with Crippen molar-refractivity contribution in [1.82, 2.24) is 9.97 Å². The number of nitrogens with two attached hydrogens (primary N) is 1. The van der Waals surface area contributed by atoms with Crippen LogP contribution in [-0.2, 0) is 12.8 Å². The number of rotatable bonds is 4. The van der Waals surface area contributed by atoms with Gasteiger partial charge in [-0.05, 0) is 30.5 Å². The lowest BCUT2D eigenvalue weighted by Crippen LogP contribution is -2.01. The number of benzene rings is 1. The highest BCUT2D eigenvalue weighted by Gasteiger charge is 2.13. The predicted molar refractivity (Wildman–Crippen MR) is 71.7 cm³/mol. The van der Waals surface area contributed by atoms with Crippen LogP contribution in [0.25, 0.3) is 0 Å². The monoisotopic (exact) mass is 261 g/mol. The molecule has 0 spiro atoms. The minimum Gasteiger partial charge on any atom is -0.434 e. The zero-order valence-electron chi connectivity index (χ0n) is 11.0. The van der Waals surface area contributed by atoms with Crippen LogP contribution in [0.4, 0.5) is 10.1 Å². The Kier molecular flexibility index (Phi) is 3.94. The molecule has 5 heteroatoms. The molecule has 0 unspecified atom stereocenters. The maximum absolute atomic E-state index is 13.9. The lowest BCUT2D eigenvalue weighted by molar-refractivity contribution is 0.416. The van der Waals surface area contributed by atoms with Crippen LogP contribution in [0.5, 0.6) is 11.6 Å². The first-order valence-corrected chi connectivity index (χ1v) is 6.21. The van der Waals surface area contributed by atoms with E-state index in [-0.39, 0.29) is 5.88 Å². The van der Waals surface area contributed by atoms with E-state index in [2.05, 4.69) is 9.97 Å². The molecule has 1 heterocycles. The Balaban J connectivity index is 2.31. The predicted octanol–water partition coefficient (Wildman–Crippen LogP) is 3.12. The van der Waals surface area contributed by atoms with E-state index in [1.165, 1.54) is 6.33 Å². The molecule has 0 saturated heterocycles. The standard InChI is InChI=1S/C14H16FN3O/c1-3-9-5-6-12(10(16)7-9)19-14-13(15)11(4-2)17-8-18-14/h5-8H,3-4,16H2,1-2H3. The van der Waals surface area contributed by atoms with Gasteiger partial charge >= 0.3 is 0 Å². The molecule has 0 atom stereocenters. The smallest absolute Gasteiger partial charge is 0.259 e. The van der Waals surface area contributed by atoms with Crippen molar-refractivity contribution in [2.24, 2.45) is 0 Å². The zero-order chi connectivity index (χ0) is 13.8. The van der Waals surface area contributed by atoms with Gasteiger partial charge in [-0.3, -0.25) is 0 Å². The summed E-state index contributed by atoms with van der Waals surface area (Å²) in [5.74, 6) is -0.233. The van der Waals surface area contributed by atoms with Gasteiger partial charge in [0.1, 0.15) is 6.33 Å². The van der Waals surface area contributed by atoms with Crippen molar-refractivity contribution in [1.29, 1.82) is 0 Å². The third-order valence-electron chi connectivity index (χ3n) is 2.85. The van der Waals surface area contributed by atoms with E-state index in [1.54, 1.807) is 6.07 Å². The van der Waals surface area contributed by atoms with Crippen molar-refractivity contribution < 1.29 is 9.13 Å². The number of hydrogen-bond donors (Lipinski definition) is 1. The van der Waals surface area contributed by atoms with Crippen LogP contribution in [0.3, 0.4) is 0 Å². The van der Waals surface area contributed by atoms with Crippen LogP contribution in [0.15, 0.2) is 24.5 Å². The fraction of sp³-hybridized carbons (Fsp3) is 0.286. The normalized spacial score (nSPS) is 10.5. The molecule has 0 aliphatic heterocycles. The molecule has 0 radical (unpaired) electrons. The summed E-state index contributed by atoms with van der Waals surface area (Å²) < 4.78 is 19.4. The Bertz CT molecular complexity index is 587. The minimum atomic E-state index is -0.538. The summed E-state index contributed by atoms with van der Waals surface area (Å²) in [6, 6.07) is 5.43. The van der Waals surface area contributed by atoms with Gasteiger partial charge in [0.15, 0.2) is 5.75 Å². The molecule has 0 aliphatic carbocycles. The van der Waals surface area contributed by atoms with Gasteiger partial charge in [-0.25, -0.2) is 4.98 Å². The number of nitrogen functional groups attached to an aromatic ring is 1. The minimum absolute atomic E-state index is 0.0946. The number of halogens is 1. The molecule has 2 aromatic rings. The highest BCUT2D eigenvalue weighted by Crippen LogP contribution is 2.29. The number of nitrogens with zero attached hydrogens (tertiary/aromatic N) is 2. The summed E-state index contributed by atoms with van der Waals surface area (Å²) >= 11 is 0. The van der Waals surface area contributed by atoms with Crippen molar-refractivity contribution in [3.8, 4) is 11.6 Å². The van der Waals surface area contributed by atoms with Gasteiger partial charge in [0.2, 0.25) is 5.82 Å². The van der Waals surface area contributed by atoms with E-state index < -0.39 is 5.82 Å². The molecule has 0 amide bonds. The summed E-state index contributed by atoms with van der Waals surface area (Å²) in [6.07, 6.45) is 2.65. The van der Waals surface area contributed by atoms with Crippen LogP contribution < -0.4 is 10.5 Å². The first-order chi connectivity index (χ1) is 9.15. The topological polar surface area (TPSA) is 61.0 Å². The Morgan fingerprint density at radius 2 is 2.00 bits per heavy atom. The Labute approximate surface area is 111 Å². The SMILES string of the molecule is CCc1ccc(Oc2ncnc(CC)c2F)c(N)c1. The molecule has 4 nitrogen and oxygen atoms in total. The van der Waals surface area contributed by atoms with Gasteiger partial charge in [-0.15, -0.1) is 0 Å². The highest BCUT2D eigenvalue weighted by atomic mass is 19.1. The van der Waals surface area contributed by atoms with E-state index >= 15 is 0 Å². The fourth-order valence-corrected chi connectivity index (χ4v) is 1.72. The van der Waals surface area contributed by atoms with Crippen molar-refractivity contribution >= 4 is 5.69 Å². The molecular formula is C14H16FN3O. The summed E-state index contributed by atoms with van der Waals surface area (Å²) in [5.41, 5.74) is 7.77. The third kappa shape index (κ3) is 2.81. The third-order valence-corrected chi connectivity index (χ3v) is 2.85. The largest absolute Gasteiger partial charge is 0.434 e. The number of ether oxygens (including phenoxy) is 1. The molecule has 0 fully saturated rings. The number of hydrogen-bond acceptors (Lipinski definition) is 4. The van der Waals surface area contributed by atoms with E-state index in [0.29, 0.717) is 23.6 Å². The molecule has 1 aromatic heterocycles. The second-order valence-corrected chi connectivity index (χ2v) is 4.12. The summed E-state index contributed by atoms with van der Waals surface area (Å²) in [5, 5.41) is 0. The van der Waals surface area contributed by atoms with Crippen molar-refractivity contribution in [3.63, 3.8) is 0 Å². The molecule has 1 aromatic carbocycles. The van der Waals surface area contributed by atoms with Gasteiger partial charge in [0.05, 0.1) is 11.4 Å². The molecule has 2 rings (SSSR count). The van der Waals surface area contributed by atoms with Crippen LogP contribution in [0, 0.1) is 5.82 Å². The highest BCUT2D eigenvalue weighted by molar-refractivity contribution is 5.55. The van der Waals surface area contributed by atoms with Crippen LogP contribution in [-0.4, -0.2) is 9.97 Å². The maximum atomic E-state index is 13.9. The Morgan fingerprint density at radius 1 is 1.21 bits per heavy atom. The molecule has 100 valence electrons. The number of anilines is 1. The Morgan fingerprint density at radius 3 is 2.63 bits per heavy atom. The van der Waals surface area contributed by atoms with Gasteiger partial charge in [-0.2, -0.15) is 9.37 Å². The van der Waals surface area contributed by atoms with Gasteiger partial charge < -0.3 is 10.5 Å². The molecule has 0 saturated carbocycles. The second kappa shape index (κ2) is 5.65. The average molecular weight is 261 g/mol. The first-order valence-electron chi connectivity index (χ1n) is 6.21. The fourth-order valence-electron chi connectivity index (χ4n) is 1.72. The van der Waals surface area contributed by atoms with Gasteiger partial charge in [0, 0.05) is 0 Å². The van der Waals surface area contributed by atoms with E-state index in [9.17, 15) is 4.39 Å². The molecule has 0 bridgehead atoms. The summed E-state index contributed by atoms with van der Waals surface area (Å²) in [4.78, 5) is 7.65. The molecule has 19 heavy (non-hydrogen) atoms. The molecule has 2 N–H and O–H groups in total. The lowest BCUT2D eigenvalue weighted by Gasteiger charge is -2.10. The molecular weight excluding hydrogens is 245 g/mol. The lowest BCUT2D eigenvalue weighted by atomic mass is 10.1. The summed E-state index contributed by atoms with van der Waals surface area (Å²) in [6.45, 7) is 3.85. The maximum Gasteiger partial charge on any atom is 0.259 e. The molecule has 0 aliphatic rings. The van der Waals surface area contributed by atoms with E-state index in [1.807, 2.05) is 26.0 Å². The van der Waals surface area contributed by atoms with Gasteiger partial charge in [0.25, 0.3) is 5.88 Å². The number of aryl methyl sites for hydroxylation is 2. The van der Waals surface area contributed by atoms with E-state index in [4.69, 9.17) is 10.5 Å². The van der Waals surface area contributed by atoms with Crippen LogP contribution >= 0.6 is 0 Å². The second-order valence-electron chi connectivity index (χ2n) is 4.12. The Hall–Kier alpha value is -2.17. The quantitative estimate of drug-likeness (QED) is 0.859. The van der Waals surface area contributed by atoms with Crippen molar-refractivity contribution in [2.45, 2.75) is 26.7 Å². The number of aromatic nitrogens is 2. The average Bonchev–Trinajstić information content (AvgIpc) is 2.43. The van der Waals surface area contributed by atoms with Crippen LogP contribution in [0.1, 0.15) is 25.1 Å². The van der Waals surface area contributed by atoms with E-state index in [0.717, 1.165) is 12.0 Å². The first kappa shape index (κ1) is 13.3. The van der Waals surface area contributed by atoms with Crippen molar-refractivity contribution in [2.75, 3.05) is 5.73 Å². The van der Waals surface area contributed by atoms with Crippen molar-refractivity contribution in [3.05, 3.63) is 41.6 Å². The zero-order valence-corrected chi connectivity index (χ0v) is 11.0. The van der Waals surface area contributed by atoms with Gasteiger partial charge in [-0.1, -0.05) is 19.9 Å². The summed E-state index contributed by atoms with van der Waals surface area (Å²) in [7, 11) is 0. The van der Waals surface area contributed by atoms with Crippen LogP contribution in [0.2, 0.25) is 0 Å².